The number of halogens is 1. The Morgan fingerprint density at radius 3 is 2.65 bits per heavy atom. The fourth-order valence-electron chi connectivity index (χ4n) is 3.27. The van der Waals surface area contributed by atoms with Gasteiger partial charge in [0.2, 0.25) is 5.17 Å². The number of benzene rings is 2. The first-order valence-electron chi connectivity index (χ1n) is 10.6. The molecule has 4 rings (SSSR count). The van der Waals surface area contributed by atoms with E-state index in [0.717, 1.165) is 16.4 Å². The molecule has 0 saturated heterocycles. The standard InChI is InChI=1S/C24H23ClN4O4S/c1-4-31-21-13-16(12-18-22(26)29-24(27-23(18)30)34-15(3)28-29)5-8-20(21)33-10-9-32-17-6-7-19(25)14(2)11-17/h5-8,11-13,26H,4,9-10H2,1-3H3. The predicted molar refractivity (Wildman–Crippen MR) is 135 cm³/mol. The van der Waals surface area contributed by atoms with Crippen molar-refractivity contribution >= 4 is 51.4 Å². The quantitative estimate of drug-likeness (QED) is 0.399. The monoisotopic (exact) mass is 498 g/mol. The topological polar surface area (TPSA) is 96.6 Å². The Hall–Kier alpha value is -3.30. The van der Waals surface area contributed by atoms with E-state index >= 15 is 0 Å². The average molecular weight is 499 g/mol. The molecule has 2 aliphatic rings. The van der Waals surface area contributed by atoms with Crippen molar-refractivity contribution in [2.24, 2.45) is 10.1 Å². The largest absolute Gasteiger partial charge is 0.490 e. The number of carbonyl (C=O) groups is 1. The van der Waals surface area contributed by atoms with Gasteiger partial charge in [-0.2, -0.15) is 15.1 Å². The number of amides is 1. The van der Waals surface area contributed by atoms with Crippen LogP contribution in [0.1, 0.15) is 25.0 Å². The Morgan fingerprint density at radius 2 is 1.88 bits per heavy atom. The minimum absolute atomic E-state index is 0.00720. The van der Waals surface area contributed by atoms with Crippen LogP contribution in [0.15, 0.2) is 52.1 Å². The van der Waals surface area contributed by atoms with Crippen LogP contribution in [0.2, 0.25) is 5.02 Å². The van der Waals surface area contributed by atoms with Crippen molar-refractivity contribution in [1.82, 2.24) is 5.01 Å². The second-order valence-corrected chi connectivity index (χ2v) is 8.95. The predicted octanol–water partition coefficient (Wildman–Crippen LogP) is 5.14. The van der Waals surface area contributed by atoms with Crippen molar-refractivity contribution in [1.29, 1.82) is 5.41 Å². The highest BCUT2D eigenvalue weighted by molar-refractivity contribution is 8.26. The van der Waals surface area contributed by atoms with Crippen molar-refractivity contribution in [2.45, 2.75) is 20.8 Å². The average Bonchev–Trinajstić information content (AvgIpc) is 3.18. The Kier molecular flexibility index (Phi) is 7.23. The lowest BCUT2D eigenvalue weighted by Crippen LogP contribution is -2.35. The molecule has 0 saturated carbocycles. The van der Waals surface area contributed by atoms with Gasteiger partial charge >= 0.3 is 0 Å². The zero-order valence-corrected chi connectivity index (χ0v) is 20.5. The summed E-state index contributed by atoms with van der Waals surface area (Å²) in [6.07, 6.45) is 1.61. The van der Waals surface area contributed by atoms with E-state index in [9.17, 15) is 4.79 Å². The van der Waals surface area contributed by atoms with Crippen molar-refractivity contribution < 1.29 is 19.0 Å². The number of nitrogens with one attached hydrogen (secondary N) is 1. The molecule has 10 heteroatoms. The fraction of sp³-hybridized carbons (Fsp3) is 0.250. The van der Waals surface area contributed by atoms with Crippen LogP contribution in [0.5, 0.6) is 17.2 Å². The number of hydrazone groups is 1. The number of aliphatic imine (C=N–C) groups is 1. The summed E-state index contributed by atoms with van der Waals surface area (Å²) < 4.78 is 17.3. The Labute approximate surface area is 206 Å². The number of ether oxygens (including phenoxy) is 3. The van der Waals surface area contributed by atoms with Crippen molar-refractivity contribution in [2.75, 3.05) is 19.8 Å². The van der Waals surface area contributed by atoms with Gasteiger partial charge < -0.3 is 14.2 Å². The van der Waals surface area contributed by atoms with Gasteiger partial charge in [-0.15, -0.1) is 0 Å². The molecule has 0 spiro atoms. The first kappa shape index (κ1) is 23.8. The van der Waals surface area contributed by atoms with E-state index in [4.69, 9.17) is 31.2 Å². The summed E-state index contributed by atoms with van der Waals surface area (Å²) >= 11 is 7.31. The van der Waals surface area contributed by atoms with Crippen LogP contribution in [0.4, 0.5) is 0 Å². The van der Waals surface area contributed by atoms with Gasteiger partial charge in [0, 0.05) is 5.02 Å². The van der Waals surface area contributed by atoms with Gasteiger partial charge in [0.05, 0.1) is 17.2 Å². The number of thioether (sulfide) groups is 1. The van der Waals surface area contributed by atoms with Crippen LogP contribution < -0.4 is 14.2 Å². The molecule has 8 nitrogen and oxygen atoms in total. The molecule has 2 aliphatic heterocycles. The summed E-state index contributed by atoms with van der Waals surface area (Å²) in [6, 6.07) is 10.8. The summed E-state index contributed by atoms with van der Waals surface area (Å²) in [6.45, 7) is 6.70. The third-order valence-corrected chi connectivity index (χ3v) is 6.12. The van der Waals surface area contributed by atoms with E-state index < -0.39 is 5.91 Å². The highest BCUT2D eigenvalue weighted by Gasteiger charge is 2.34. The lowest BCUT2D eigenvalue weighted by molar-refractivity contribution is -0.114. The zero-order valence-electron chi connectivity index (χ0n) is 18.9. The molecule has 0 radical (unpaired) electrons. The fourth-order valence-corrected chi connectivity index (χ4v) is 4.13. The van der Waals surface area contributed by atoms with E-state index in [1.807, 2.05) is 26.0 Å². The van der Waals surface area contributed by atoms with E-state index in [-0.39, 0.29) is 11.4 Å². The van der Waals surface area contributed by atoms with Gasteiger partial charge in [-0.3, -0.25) is 10.2 Å². The highest BCUT2D eigenvalue weighted by atomic mass is 35.5. The van der Waals surface area contributed by atoms with Gasteiger partial charge in [-0.25, -0.2) is 0 Å². The normalized spacial score (nSPS) is 16.4. The Morgan fingerprint density at radius 1 is 1.09 bits per heavy atom. The van der Waals surface area contributed by atoms with Crippen LogP contribution in [-0.2, 0) is 4.79 Å². The number of nitrogens with zero attached hydrogens (tertiary/aromatic N) is 3. The number of fused-ring (bicyclic) bond motifs is 1. The van der Waals surface area contributed by atoms with E-state index in [1.54, 1.807) is 37.3 Å². The summed E-state index contributed by atoms with van der Waals surface area (Å²) in [5.74, 6) is 1.33. The van der Waals surface area contributed by atoms with Crippen LogP contribution in [0.3, 0.4) is 0 Å². The summed E-state index contributed by atoms with van der Waals surface area (Å²) in [5.41, 5.74) is 1.79. The lowest BCUT2D eigenvalue weighted by atomic mass is 10.1. The summed E-state index contributed by atoms with van der Waals surface area (Å²) in [5, 5.41) is 15.8. The second-order valence-electron chi connectivity index (χ2n) is 7.39. The van der Waals surface area contributed by atoms with Gasteiger partial charge in [-0.05, 0) is 80.1 Å². The van der Waals surface area contributed by atoms with E-state index in [0.29, 0.717) is 47.1 Å². The number of hydrogen-bond acceptors (Lipinski definition) is 7. The maximum Gasteiger partial charge on any atom is 0.283 e. The Balaban J connectivity index is 1.45. The molecule has 2 aromatic carbocycles. The molecule has 0 unspecified atom stereocenters. The van der Waals surface area contributed by atoms with Crippen LogP contribution in [0, 0.1) is 12.3 Å². The molecular weight excluding hydrogens is 476 g/mol. The van der Waals surface area contributed by atoms with Crippen molar-refractivity contribution in [3.05, 3.63) is 58.1 Å². The minimum Gasteiger partial charge on any atom is -0.490 e. The molecule has 2 heterocycles. The van der Waals surface area contributed by atoms with Crippen LogP contribution >= 0.6 is 23.4 Å². The molecule has 2 aromatic rings. The van der Waals surface area contributed by atoms with Gasteiger partial charge in [0.1, 0.15) is 19.0 Å². The summed E-state index contributed by atoms with van der Waals surface area (Å²) in [4.78, 5) is 16.6. The Bertz CT molecular complexity index is 1240. The molecule has 0 aliphatic carbocycles. The highest BCUT2D eigenvalue weighted by Crippen LogP contribution is 2.32. The maximum absolute atomic E-state index is 12.5. The van der Waals surface area contributed by atoms with Gasteiger partial charge in [0.15, 0.2) is 17.3 Å². The number of hydrogen-bond donors (Lipinski definition) is 1. The lowest BCUT2D eigenvalue weighted by Gasteiger charge is -2.20. The maximum atomic E-state index is 12.5. The molecule has 34 heavy (non-hydrogen) atoms. The van der Waals surface area contributed by atoms with E-state index in [2.05, 4.69) is 10.1 Å². The smallest absolute Gasteiger partial charge is 0.283 e. The van der Waals surface area contributed by atoms with Gasteiger partial charge in [-0.1, -0.05) is 17.7 Å². The molecule has 0 atom stereocenters. The minimum atomic E-state index is -0.471. The first-order chi connectivity index (χ1) is 16.4. The zero-order chi connectivity index (χ0) is 24.2. The molecular formula is C24H23ClN4O4S. The number of rotatable bonds is 8. The SMILES string of the molecule is CCOc1cc(C=C2C(=N)N3N=C(C)SC3=NC2=O)ccc1OCCOc1ccc(Cl)c(C)c1. The van der Waals surface area contributed by atoms with E-state index in [1.165, 1.54) is 16.8 Å². The third-order valence-electron chi connectivity index (χ3n) is 4.87. The first-order valence-corrected chi connectivity index (χ1v) is 11.8. The molecule has 1 amide bonds. The number of carbonyl (C=O) groups excluding carboxylic acids is 1. The molecule has 176 valence electrons. The van der Waals surface area contributed by atoms with Gasteiger partial charge in [0.25, 0.3) is 5.91 Å². The van der Waals surface area contributed by atoms with Crippen molar-refractivity contribution in [3.63, 3.8) is 0 Å². The number of aryl methyl sites for hydroxylation is 1. The molecule has 1 N–H and O–H groups in total. The molecule has 0 bridgehead atoms. The second kappa shape index (κ2) is 10.3. The van der Waals surface area contributed by atoms with Crippen LogP contribution in [-0.4, -0.2) is 46.8 Å². The molecule has 0 aromatic heterocycles. The summed E-state index contributed by atoms with van der Waals surface area (Å²) in [7, 11) is 0. The number of amidine groups is 2. The van der Waals surface area contributed by atoms with Crippen molar-refractivity contribution in [3.8, 4) is 17.2 Å². The third kappa shape index (κ3) is 5.26. The van der Waals surface area contributed by atoms with Crippen LogP contribution in [0.25, 0.3) is 6.08 Å². The molecule has 0 fully saturated rings.